The largest absolute Gasteiger partial charge is 0.494 e. The Labute approximate surface area is 281 Å². The first-order chi connectivity index (χ1) is 22.7. The molecule has 250 valence electrons. The van der Waals surface area contributed by atoms with Gasteiger partial charge in [-0.1, -0.05) is 30.3 Å². The van der Waals surface area contributed by atoms with Crippen LogP contribution in [0.3, 0.4) is 0 Å². The number of morpholine rings is 1. The summed E-state index contributed by atoms with van der Waals surface area (Å²) in [6, 6.07) is 12.1. The number of hydrogen-bond acceptors (Lipinski definition) is 10. The summed E-state index contributed by atoms with van der Waals surface area (Å²) in [6.45, 7) is 14.2. The average molecular weight is 662 g/mol. The van der Waals surface area contributed by atoms with E-state index in [4.69, 9.17) is 25.9 Å². The number of piperidine rings is 1. The topological polar surface area (TPSA) is 104 Å². The number of methoxy groups -OCH3 is 1. The highest BCUT2D eigenvalue weighted by Crippen LogP contribution is 2.41. The van der Waals surface area contributed by atoms with E-state index >= 15 is 0 Å². The maximum atomic E-state index is 12.6. The highest BCUT2D eigenvalue weighted by molar-refractivity contribution is 6.31. The van der Waals surface area contributed by atoms with E-state index in [1.165, 1.54) is 12.4 Å². The Kier molecular flexibility index (Phi) is 10.2. The van der Waals surface area contributed by atoms with E-state index in [0.717, 1.165) is 67.3 Å². The Hall–Kier alpha value is -3.90. The van der Waals surface area contributed by atoms with E-state index in [2.05, 4.69) is 56.9 Å². The summed E-state index contributed by atoms with van der Waals surface area (Å²) in [4.78, 5) is 32.5. The number of halogens is 1. The number of carbonyl (C=O) groups is 1. The van der Waals surface area contributed by atoms with Crippen LogP contribution < -0.4 is 25.3 Å². The van der Waals surface area contributed by atoms with Crippen molar-refractivity contribution in [3.8, 4) is 5.75 Å². The van der Waals surface area contributed by atoms with Gasteiger partial charge in [0.2, 0.25) is 5.91 Å². The fraction of sp³-hybridized carbons (Fsp3) is 0.457. The standard InChI is InChI=1S/C35H44ClN7O4/c1-6-35(44)40-28-16-29(32(45-5)17-31(28)41-13-10-25(11-14-41)42-19-22(2)47-23(3)20-42)39-33-18-34(38-21-37-33)43-30(12-15-46-43)26-8-7-9-27(36)24(26)4/h6-9,16-18,21-23,25,30H,1,10-15,19-20H2,2-5H3,(H,40,44)(H,37,38,39)/t22-,23+,30-/m1/s1. The van der Waals surface area contributed by atoms with Crippen LogP contribution in [0.1, 0.15) is 50.3 Å². The second kappa shape index (κ2) is 14.5. The van der Waals surface area contributed by atoms with Gasteiger partial charge in [-0.05, 0) is 62.9 Å². The summed E-state index contributed by atoms with van der Waals surface area (Å²) >= 11 is 6.44. The molecule has 0 saturated carbocycles. The molecule has 3 atom stereocenters. The first kappa shape index (κ1) is 33.0. The van der Waals surface area contributed by atoms with Crippen molar-refractivity contribution in [2.45, 2.75) is 64.3 Å². The lowest BCUT2D eigenvalue weighted by atomic mass is 9.99. The molecule has 0 spiro atoms. The van der Waals surface area contributed by atoms with Gasteiger partial charge in [0.25, 0.3) is 0 Å². The molecule has 4 heterocycles. The summed E-state index contributed by atoms with van der Waals surface area (Å²) in [6.07, 6.45) is 6.11. The maximum Gasteiger partial charge on any atom is 0.247 e. The van der Waals surface area contributed by atoms with E-state index in [1.54, 1.807) is 7.11 Å². The van der Waals surface area contributed by atoms with Crippen molar-refractivity contribution < 1.29 is 19.1 Å². The van der Waals surface area contributed by atoms with E-state index in [9.17, 15) is 4.79 Å². The van der Waals surface area contributed by atoms with Crippen molar-refractivity contribution in [1.82, 2.24) is 14.9 Å². The summed E-state index contributed by atoms with van der Waals surface area (Å²) in [5, 5.41) is 8.95. The number of rotatable bonds is 9. The molecule has 3 fully saturated rings. The molecular weight excluding hydrogens is 618 g/mol. The molecule has 2 N–H and O–H groups in total. The van der Waals surface area contributed by atoms with Gasteiger partial charge in [-0.25, -0.2) is 15.0 Å². The van der Waals surface area contributed by atoms with Crippen LogP contribution in [-0.2, 0) is 14.4 Å². The minimum atomic E-state index is -0.286. The highest BCUT2D eigenvalue weighted by atomic mass is 35.5. The van der Waals surface area contributed by atoms with Crippen LogP contribution in [-0.4, -0.2) is 78.9 Å². The molecule has 0 aliphatic carbocycles. The quantitative estimate of drug-likeness (QED) is 0.255. The SMILES string of the molecule is C=CC(=O)Nc1cc(Nc2cc(N3OCC[C@@H]3c3cccc(Cl)c3C)ncn2)c(OC)cc1N1CCC(N2C[C@@H](C)O[C@@H](C)C2)CC1. The molecule has 3 aliphatic rings. The van der Waals surface area contributed by atoms with Gasteiger partial charge in [0.15, 0.2) is 5.82 Å². The minimum Gasteiger partial charge on any atom is -0.494 e. The third-order valence-corrected chi connectivity index (χ3v) is 9.65. The van der Waals surface area contributed by atoms with Crippen LogP contribution >= 0.6 is 11.6 Å². The number of hydrogen-bond donors (Lipinski definition) is 2. The van der Waals surface area contributed by atoms with E-state index < -0.39 is 0 Å². The van der Waals surface area contributed by atoms with Crippen LogP contribution in [0.4, 0.5) is 28.7 Å². The summed E-state index contributed by atoms with van der Waals surface area (Å²) in [7, 11) is 1.64. The van der Waals surface area contributed by atoms with Gasteiger partial charge in [0.05, 0.1) is 49.0 Å². The number of hydroxylamine groups is 1. The second-order valence-corrected chi connectivity index (χ2v) is 12.9. The monoisotopic (exact) mass is 661 g/mol. The number of ether oxygens (including phenoxy) is 2. The zero-order chi connectivity index (χ0) is 33.1. The van der Waals surface area contributed by atoms with Crippen LogP contribution in [0.2, 0.25) is 5.02 Å². The summed E-state index contributed by atoms with van der Waals surface area (Å²) < 4.78 is 11.8. The van der Waals surface area contributed by atoms with Gasteiger partial charge >= 0.3 is 0 Å². The number of aromatic nitrogens is 2. The molecule has 3 aromatic rings. The number of nitrogens with one attached hydrogen (secondary N) is 2. The first-order valence-electron chi connectivity index (χ1n) is 16.3. The summed E-state index contributed by atoms with van der Waals surface area (Å²) in [5.41, 5.74) is 4.34. The number of amides is 1. The van der Waals surface area contributed by atoms with Crippen molar-refractivity contribution in [1.29, 1.82) is 0 Å². The van der Waals surface area contributed by atoms with Crippen molar-refractivity contribution >= 4 is 46.2 Å². The summed E-state index contributed by atoms with van der Waals surface area (Å²) in [5.74, 6) is 1.51. The van der Waals surface area contributed by atoms with Gasteiger partial charge in [0.1, 0.15) is 17.9 Å². The van der Waals surface area contributed by atoms with E-state index in [0.29, 0.717) is 41.4 Å². The third-order valence-electron chi connectivity index (χ3n) is 9.25. The normalized spacial score (nSPS) is 22.3. The second-order valence-electron chi connectivity index (χ2n) is 12.5. The van der Waals surface area contributed by atoms with Crippen LogP contribution in [0.15, 0.2) is 55.4 Å². The zero-order valence-electron chi connectivity index (χ0n) is 27.5. The first-order valence-corrected chi connectivity index (χ1v) is 16.7. The van der Waals surface area contributed by atoms with Gasteiger partial charge in [-0.15, -0.1) is 0 Å². The van der Waals surface area contributed by atoms with Crippen LogP contribution in [0.25, 0.3) is 0 Å². The number of benzene rings is 2. The van der Waals surface area contributed by atoms with Crippen LogP contribution in [0, 0.1) is 6.92 Å². The van der Waals surface area contributed by atoms with Gasteiger partial charge in [0, 0.05) is 55.8 Å². The van der Waals surface area contributed by atoms with Gasteiger partial charge in [-0.2, -0.15) is 0 Å². The fourth-order valence-corrected chi connectivity index (χ4v) is 7.19. The van der Waals surface area contributed by atoms with Gasteiger partial charge in [-0.3, -0.25) is 14.5 Å². The van der Waals surface area contributed by atoms with Crippen LogP contribution in [0.5, 0.6) is 5.75 Å². The number of carbonyl (C=O) groups excluding carboxylic acids is 1. The van der Waals surface area contributed by atoms with Crippen molar-refractivity contribution in [3.63, 3.8) is 0 Å². The molecule has 3 saturated heterocycles. The van der Waals surface area contributed by atoms with Gasteiger partial charge < -0.3 is 25.0 Å². The molecule has 0 unspecified atom stereocenters. The average Bonchev–Trinajstić information content (AvgIpc) is 3.56. The Morgan fingerprint density at radius 2 is 1.85 bits per heavy atom. The molecule has 2 aromatic carbocycles. The lowest BCUT2D eigenvalue weighted by Gasteiger charge is -2.44. The third kappa shape index (κ3) is 7.33. The fourth-order valence-electron chi connectivity index (χ4n) is 7.01. The molecule has 11 nitrogen and oxygen atoms in total. The van der Waals surface area contributed by atoms with Crippen molar-refractivity contribution in [2.24, 2.45) is 0 Å². The molecule has 6 rings (SSSR count). The Morgan fingerprint density at radius 3 is 2.57 bits per heavy atom. The predicted octanol–water partition coefficient (Wildman–Crippen LogP) is 6.28. The van der Waals surface area contributed by atoms with Crippen molar-refractivity contribution in [2.75, 3.05) is 60.5 Å². The lowest BCUT2D eigenvalue weighted by molar-refractivity contribution is -0.111. The Bertz CT molecular complexity index is 1590. The molecule has 0 bridgehead atoms. The number of anilines is 5. The smallest absolute Gasteiger partial charge is 0.247 e. The zero-order valence-corrected chi connectivity index (χ0v) is 28.3. The molecule has 47 heavy (non-hydrogen) atoms. The molecule has 1 aromatic heterocycles. The number of nitrogens with zero attached hydrogens (tertiary/aromatic N) is 5. The molecule has 3 aliphatic heterocycles. The Balaban J connectivity index is 1.23. The lowest BCUT2D eigenvalue weighted by Crippen LogP contribution is -2.53. The van der Waals surface area contributed by atoms with Crippen molar-refractivity contribution in [3.05, 3.63) is 71.5 Å². The molecular formula is C35H44ClN7O4. The molecule has 12 heteroatoms. The highest BCUT2D eigenvalue weighted by Gasteiger charge is 2.32. The maximum absolute atomic E-state index is 12.6. The van der Waals surface area contributed by atoms with E-state index in [-0.39, 0.29) is 24.2 Å². The molecule has 1 amide bonds. The predicted molar refractivity (Wildman–Crippen MR) is 186 cm³/mol. The minimum absolute atomic E-state index is 0.0369. The Morgan fingerprint density at radius 1 is 1.09 bits per heavy atom. The van der Waals surface area contributed by atoms with E-state index in [1.807, 2.05) is 42.3 Å². The molecule has 0 radical (unpaired) electrons.